The minimum Gasteiger partial charge on any atom is -0.370 e. The van der Waals surface area contributed by atoms with E-state index in [1.165, 1.54) is 5.56 Å². The van der Waals surface area contributed by atoms with Crippen molar-refractivity contribution in [3.05, 3.63) is 35.9 Å². The van der Waals surface area contributed by atoms with E-state index in [1.807, 2.05) is 6.07 Å². The topological polar surface area (TPSA) is 70.7 Å². The molecule has 0 bridgehead atoms. The molecule has 1 fully saturated rings. The Kier molecular flexibility index (Phi) is 6.85. The van der Waals surface area contributed by atoms with Crippen LogP contribution >= 0.6 is 0 Å². The van der Waals surface area contributed by atoms with Crippen molar-refractivity contribution in [1.82, 2.24) is 10.2 Å². The van der Waals surface area contributed by atoms with E-state index in [0.29, 0.717) is 12.3 Å². The van der Waals surface area contributed by atoms with Crippen molar-refractivity contribution in [1.29, 1.82) is 0 Å². The first-order valence-corrected chi connectivity index (χ1v) is 9.29. The predicted molar refractivity (Wildman–Crippen MR) is 104 cm³/mol. The minimum atomic E-state index is -0.209. The highest BCUT2D eigenvalue weighted by molar-refractivity contribution is 5.80. The molecule has 1 atom stereocenters. The molecule has 1 aromatic rings. The first kappa shape index (κ1) is 19.3. The maximum Gasteiger partial charge on any atom is 0.217 e. The van der Waals surface area contributed by atoms with Crippen LogP contribution in [0.1, 0.15) is 45.6 Å². The van der Waals surface area contributed by atoms with Crippen LogP contribution in [0.5, 0.6) is 0 Å². The normalized spacial score (nSPS) is 18.9. The largest absolute Gasteiger partial charge is 0.370 e. The summed E-state index contributed by atoms with van der Waals surface area (Å²) in [4.78, 5) is 18.4. The summed E-state index contributed by atoms with van der Waals surface area (Å²) >= 11 is 0. The fraction of sp³-hybridized carbons (Fsp3) is 0.600. The lowest BCUT2D eigenvalue weighted by Crippen LogP contribution is -2.47. The quantitative estimate of drug-likeness (QED) is 0.615. The molecule has 1 amide bonds. The second-order valence-corrected chi connectivity index (χ2v) is 7.54. The lowest BCUT2D eigenvalue weighted by Gasteiger charge is -2.35. The van der Waals surface area contributed by atoms with Crippen LogP contribution in [0, 0.1) is 5.92 Å². The van der Waals surface area contributed by atoms with E-state index in [2.05, 4.69) is 55.3 Å². The van der Waals surface area contributed by atoms with E-state index in [-0.39, 0.29) is 11.3 Å². The van der Waals surface area contributed by atoms with E-state index >= 15 is 0 Å². The SMILES string of the molecule is CCNC(=NCC(C)(C)c1ccccc1)N1CCCC(CC(N)=O)C1. The third-order valence-corrected chi connectivity index (χ3v) is 4.82. The van der Waals surface area contributed by atoms with Gasteiger partial charge in [-0.2, -0.15) is 0 Å². The first-order chi connectivity index (χ1) is 11.9. The van der Waals surface area contributed by atoms with Gasteiger partial charge in [0.2, 0.25) is 5.91 Å². The van der Waals surface area contributed by atoms with Gasteiger partial charge >= 0.3 is 0 Å². The highest BCUT2D eigenvalue weighted by Crippen LogP contribution is 2.24. The number of primary amides is 1. The minimum absolute atomic E-state index is 0.0235. The first-order valence-electron chi connectivity index (χ1n) is 9.29. The Bertz CT molecular complexity index is 583. The number of guanidine groups is 1. The summed E-state index contributed by atoms with van der Waals surface area (Å²) < 4.78 is 0. The molecule has 0 spiro atoms. The van der Waals surface area contributed by atoms with Gasteiger partial charge in [-0.05, 0) is 31.2 Å². The fourth-order valence-corrected chi connectivity index (χ4v) is 3.39. The molecule has 25 heavy (non-hydrogen) atoms. The molecule has 1 saturated heterocycles. The number of likely N-dealkylation sites (tertiary alicyclic amines) is 1. The molecule has 0 aromatic heterocycles. The summed E-state index contributed by atoms with van der Waals surface area (Å²) in [5.41, 5.74) is 6.65. The second-order valence-electron chi connectivity index (χ2n) is 7.54. The molecule has 0 radical (unpaired) electrons. The van der Waals surface area contributed by atoms with Crippen LogP contribution in [-0.2, 0) is 10.2 Å². The van der Waals surface area contributed by atoms with Crippen LogP contribution in [0.25, 0.3) is 0 Å². The number of amides is 1. The molecule has 1 aliphatic heterocycles. The van der Waals surface area contributed by atoms with Gasteiger partial charge in [0.1, 0.15) is 0 Å². The number of carbonyl (C=O) groups is 1. The average Bonchev–Trinajstić information content (AvgIpc) is 2.59. The lowest BCUT2D eigenvalue weighted by atomic mass is 9.85. The summed E-state index contributed by atoms with van der Waals surface area (Å²) in [7, 11) is 0. The van der Waals surface area contributed by atoms with E-state index in [1.54, 1.807) is 0 Å². The molecule has 1 aromatic carbocycles. The van der Waals surface area contributed by atoms with Crippen molar-refractivity contribution in [2.24, 2.45) is 16.6 Å². The van der Waals surface area contributed by atoms with Crippen molar-refractivity contribution in [3.8, 4) is 0 Å². The smallest absolute Gasteiger partial charge is 0.217 e. The molecule has 0 aliphatic carbocycles. The zero-order chi connectivity index (χ0) is 18.3. The Balaban J connectivity index is 2.08. The fourth-order valence-electron chi connectivity index (χ4n) is 3.39. The van der Waals surface area contributed by atoms with Gasteiger partial charge in [0.25, 0.3) is 0 Å². The number of benzene rings is 1. The van der Waals surface area contributed by atoms with Gasteiger partial charge in [-0.25, -0.2) is 0 Å². The van der Waals surface area contributed by atoms with Crippen molar-refractivity contribution in [2.45, 2.75) is 45.4 Å². The highest BCUT2D eigenvalue weighted by atomic mass is 16.1. The molecular weight excluding hydrogens is 312 g/mol. The highest BCUT2D eigenvalue weighted by Gasteiger charge is 2.25. The summed E-state index contributed by atoms with van der Waals surface area (Å²) in [5.74, 6) is 1.07. The number of hydrogen-bond acceptors (Lipinski definition) is 2. The Labute approximate surface area is 151 Å². The Morgan fingerprint density at radius 3 is 2.72 bits per heavy atom. The van der Waals surface area contributed by atoms with Gasteiger partial charge in [0, 0.05) is 31.5 Å². The second kappa shape index (κ2) is 8.88. The number of piperidine rings is 1. The van der Waals surface area contributed by atoms with Crippen molar-refractivity contribution in [3.63, 3.8) is 0 Å². The van der Waals surface area contributed by atoms with Crippen LogP contribution in [0.3, 0.4) is 0 Å². The van der Waals surface area contributed by atoms with Gasteiger partial charge in [-0.3, -0.25) is 9.79 Å². The van der Waals surface area contributed by atoms with Gasteiger partial charge in [-0.15, -0.1) is 0 Å². The summed E-state index contributed by atoms with van der Waals surface area (Å²) in [6, 6.07) is 10.5. The van der Waals surface area contributed by atoms with Crippen molar-refractivity contribution < 1.29 is 4.79 Å². The zero-order valence-corrected chi connectivity index (χ0v) is 15.8. The molecule has 138 valence electrons. The van der Waals surface area contributed by atoms with Gasteiger partial charge in [0.15, 0.2) is 5.96 Å². The third kappa shape index (κ3) is 5.76. The van der Waals surface area contributed by atoms with Gasteiger partial charge in [0.05, 0.1) is 6.54 Å². The standard InChI is InChI=1S/C20H32N4O/c1-4-22-19(24-12-8-9-16(14-24)13-18(21)25)23-15-20(2,3)17-10-6-5-7-11-17/h5-7,10-11,16H,4,8-9,12-15H2,1-3H3,(H2,21,25)(H,22,23). The van der Waals surface area contributed by atoms with Gasteiger partial charge in [-0.1, -0.05) is 44.2 Å². The summed E-state index contributed by atoms with van der Waals surface area (Å²) in [6.45, 7) is 9.91. The molecule has 5 nitrogen and oxygen atoms in total. The summed E-state index contributed by atoms with van der Waals surface area (Å²) in [5, 5.41) is 3.41. The summed E-state index contributed by atoms with van der Waals surface area (Å²) in [6.07, 6.45) is 2.60. The number of nitrogens with one attached hydrogen (secondary N) is 1. The Morgan fingerprint density at radius 1 is 1.36 bits per heavy atom. The third-order valence-electron chi connectivity index (χ3n) is 4.82. The Hall–Kier alpha value is -2.04. The number of hydrogen-bond donors (Lipinski definition) is 2. The van der Waals surface area contributed by atoms with Crippen molar-refractivity contribution in [2.75, 3.05) is 26.2 Å². The molecule has 1 heterocycles. The molecule has 3 N–H and O–H groups in total. The number of carbonyl (C=O) groups excluding carboxylic acids is 1. The van der Waals surface area contributed by atoms with Gasteiger partial charge < -0.3 is 16.0 Å². The molecular formula is C20H32N4O. The van der Waals surface area contributed by atoms with Crippen LogP contribution in [0.4, 0.5) is 0 Å². The van der Waals surface area contributed by atoms with Crippen molar-refractivity contribution >= 4 is 11.9 Å². The van der Waals surface area contributed by atoms with E-state index in [0.717, 1.165) is 45.0 Å². The van der Waals surface area contributed by atoms with E-state index in [4.69, 9.17) is 10.7 Å². The molecule has 1 unspecified atom stereocenters. The maximum absolute atomic E-state index is 11.2. The molecule has 0 saturated carbocycles. The molecule has 5 heteroatoms. The number of rotatable bonds is 6. The monoisotopic (exact) mass is 344 g/mol. The van der Waals surface area contributed by atoms with Crippen LogP contribution in [0.2, 0.25) is 0 Å². The maximum atomic E-state index is 11.2. The van der Waals surface area contributed by atoms with E-state index in [9.17, 15) is 4.79 Å². The van der Waals surface area contributed by atoms with Crippen LogP contribution in [0.15, 0.2) is 35.3 Å². The zero-order valence-electron chi connectivity index (χ0n) is 15.8. The molecule has 2 rings (SSSR count). The number of nitrogens with zero attached hydrogens (tertiary/aromatic N) is 2. The number of aliphatic imine (C=N–C) groups is 1. The Morgan fingerprint density at radius 2 is 2.08 bits per heavy atom. The van der Waals surface area contributed by atoms with E-state index < -0.39 is 0 Å². The van der Waals surface area contributed by atoms with Crippen LogP contribution in [-0.4, -0.2) is 42.9 Å². The lowest BCUT2D eigenvalue weighted by molar-refractivity contribution is -0.119. The predicted octanol–water partition coefficient (Wildman–Crippen LogP) is 2.52. The number of nitrogens with two attached hydrogens (primary N) is 1. The molecule has 1 aliphatic rings. The van der Waals surface area contributed by atoms with Crippen LogP contribution < -0.4 is 11.1 Å². The average molecular weight is 345 g/mol.